The van der Waals surface area contributed by atoms with E-state index in [4.69, 9.17) is 4.74 Å². The van der Waals surface area contributed by atoms with Crippen LogP contribution in [0.15, 0.2) is 42.5 Å². The second-order valence-corrected chi connectivity index (χ2v) is 7.04. The first-order valence-electron chi connectivity index (χ1n) is 9.72. The second-order valence-electron chi connectivity index (χ2n) is 7.04. The molecule has 1 atom stereocenters. The molecule has 0 aromatic heterocycles. The fraction of sp³-hybridized carbons (Fsp3) is 0.500. The van der Waals surface area contributed by atoms with Crippen LogP contribution in [-0.2, 0) is 4.79 Å². The molecule has 0 radical (unpaired) electrons. The maximum Gasteiger partial charge on any atom is 0.261 e. The summed E-state index contributed by atoms with van der Waals surface area (Å²) in [5.41, 5.74) is 0. The molecule has 0 aliphatic heterocycles. The fourth-order valence-electron chi connectivity index (χ4n) is 3.67. The van der Waals surface area contributed by atoms with Gasteiger partial charge in [0.2, 0.25) is 0 Å². The summed E-state index contributed by atoms with van der Waals surface area (Å²) in [4.78, 5) is 12.7. The van der Waals surface area contributed by atoms with Crippen molar-refractivity contribution in [1.82, 2.24) is 5.32 Å². The molecule has 0 heterocycles. The molecule has 0 saturated heterocycles. The number of nitrogens with one attached hydrogen (secondary N) is 1. The Hall–Kier alpha value is -2.03. The van der Waals surface area contributed by atoms with E-state index in [1.54, 1.807) is 0 Å². The van der Waals surface area contributed by atoms with Crippen molar-refractivity contribution in [2.24, 2.45) is 0 Å². The molecule has 25 heavy (non-hydrogen) atoms. The average Bonchev–Trinajstić information content (AvgIpc) is 2.61. The number of carbonyl (C=O) groups excluding carboxylic acids is 1. The standard InChI is InChI=1S/C22H29NO2/c1-2-20(22(24)23-18-13-6-4-3-5-7-14-18)25-21-16-10-12-17-11-8-9-15-19(17)21/h8-12,15-16,18,20H,2-7,13-14H2,1H3,(H,23,24). The van der Waals surface area contributed by atoms with Crippen molar-refractivity contribution in [1.29, 1.82) is 0 Å². The molecule has 1 fully saturated rings. The third-order valence-corrected chi connectivity index (χ3v) is 5.13. The van der Waals surface area contributed by atoms with E-state index in [2.05, 4.69) is 17.4 Å². The molecule has 1 N–H and O–H groups in total. The summed E-state index contributed by atoms with van der Waals surface area (Å²) in [6, 6.07) is 14.4. The van der Waals surface area contributed by atoms with Crippen molar-refractivity contribution in [3.05, 3.63) is 42.5 Å². The van der Waals surface area contributed by atoms with Crippen LogP contribution in [0.25, 0.3) is 10.8 Å². The Morgan fingerprint density at radius 3 is 2.48 bits per heavy atom. The van der Waals surface area contributed by atoms with Crippen LogP contribution in [0.2, 0.25) is 0 Å². The number of carbonyl (C=O) groups is 1. The molecular formula is C22H29NO2. The molecule has 0 spiro atoms. The van der Waals surface area contributed by atoms with Crippen molar-refractivity contribution in [3.63, 3.8) is 0 Å². The minimum atomic E-state index is -0.434. The van der Waals surface area contributed by atoms with Crippen LogP contribution < -0.4 is 10.1 Å². The molecular weight excluding hydrogens is 310 g/mol. The van der Waals surface area contributed by atoms with Gasteiger partial charge in [0.25, 0.3) is 5.91 Å². The van der Waals surface area contributed by atoms with Crippen molar-refractivity contribution >= 4 is 16.7 Å². The maximum absolute atomic E-state index is 12.7. The Morgan fingerprint density at radius 2 is 1.72 bits per heavy atom. The van der Waals surface area contributed by atoms with Crippen LogP contribution in [0.3, 0.4) is 0 Å². The largest absolute Gasteiger partial charge is 0.480 e. The van der Waals surface area contributed by atoms with Crippen molar-refractivity contribution in [2.45, 2.75) is 70.4 Å². The highest BCUT2D eigenvalue weighted by atomic mass is 16.5. The van der Waals surface area contributed by atoms with Gasteiger partial charge in [0.15, 0.2) is 6.10 Å². The topological polar surface area (TPSA) is 38.3 Å². The highest BCUT2D eigenvalue weighted by Gasteiger charge is 2.22. The van der Waals surface area contributed by atoms with Crippen molar-refractivity contribution in [3.8, 4) is 5.75 Å². The van der Waals surface area contributed by atoms with Gasteiger partial charge < -0.3 is 10.1 Å². The lowest BCUT2D eigenvalue weighted by Crippen LogP contribution is -2.43. The summed E-state index contributed by atoms with van der Waals surface area (Å²) < 4.78 is 6.12. The van der Waals surface area contributed by atoms with E-state index in [0.29, 0.717) is 12.5 Å². The zero-order chi connectivity index (χ0) is 17.5. The Kier molecular flexibility index (Phi) is 6.32. The van der Waals surface area contributed by atoms with Crippen LogP contribution in [0.5, 0.6) is 5.75 Å². The molecule has 1 aliphatic carbocycles. The van der Waals surface area contributed by atoms with Gasteiger partial charge in [0, 0.05) is 11.4 Å². The zero-order valence-electron chi connectivity index (χ0n) is 15.2. The number of amides is 1. The molecule has 1 saturated carbocycles. The summed E-state index contributed by atoms with van der Waals surface area (Å²) in [5, 5.41) is 5.43. The quantitative estimate of drug-likeness (QED) is 0.810. The summed E-state index contributed by atoms with van der Waals surface area (Å²) in [7, 11) is 0. The molecule has 3 heteroatoms. The predicted octanol–water partition coefficient (Wildman–Crippen LogP) is 5.23. The first-order valence-corrected chi connectivity index (χ1v) is 9.72. The molecule has 2 aromatic rings. The van der Waals surface area contributed by atoms with E-state index < -0.39 is 6.10 Å². The van der Waals surface area contributed by atoms with Gasteiger partial charge >= 0.3 is 0 Å². The van der Waals surface area contributed by atoms with Gasteiger partial charge in [0.1, 0.15) is 5.75 Å². The van der Waals surface area contributed by atoms with Crippen LogP contribution in [0.1, 0.15) is 58.3 Å². The maximum atomic E-state index is 12.7. The lowest BCUT2D eigenvalue weighted by atomic mass is 9.96. The fourth-order valence-corrected chi connectivity index (χ4v) is 3.67. The molecule has 1 amide bonds. The molecule has 1 aliphatic rings. The predicted molar refractivity (Wildman–Crippen MR) is 103 cm³/mol. The smallest absolute Gasteiger partial charge is 0.261 e. The highest BCUT2D eigenvalue weighted by Crippen LogP contribution is 2.26. The Labute approximate surface area is 150 Å². The van der Waals surface area contributed by atoms with Crippen LogP contribution in [0, 0.1) is 0 Å². The van der Waals surface area contributed by atoms with Crippen LogP contribution in [0.4, 0.5) is 0 Å². The molecule has 134 valence electrons. The van der Waals surface area contributed by atoms with Gasteiger partial charge in [-0.2, -0.15) is 0 Å². The van der Waals surface area contributed by atoms with Crippen molar-refractivity contribution in [2.75, 3.05) is 0 Å². The number of rotatable bonds is 5. The monoisotopic (exact) mass is 339 g/mol. The van der Waals surface area contributed by atoms with Gasteiger partial charge in [-0.1, -0.05) is 75.4 Å². The Bertz CT molecular complexity index is 684. The second kappa shape index (κ2) is 8.89. The van der Waals surface area contributed by atoms with Gasteiger partial charge in [0.05, 0.1) is 0 Å². The van der Waals surface area contributed by atoms with E-state index in [1.165, 1.54) is 32.1 Å². The number of fused-ring (bicyclic) bond motifs is 1. The molecule has 1 unspecified atom stereocenters. The first kappa shape index (κ1) is 17.8. The van der Waals surface area contributed by atoms with Crippen LogP contribution >= 0.6 is 0 Å². The van der Waals surface area contributed by atoms with E-state index in [0.717, 1.165) is 29.4 Å². The zero-order valence-corrected chi connectivity index (χ0v) is 15.2. The number of hydrogen-bond donors (Lipinski definition) is 1. The average molecular weight is 339 g/mol. The minimum absolute atomic E-state index is 0.0287. The SMILES string of the molecule is CCC(Oc1cccc2ccccc12)C(=O)NC1CCCCCCC1. The van der Waals surface area contributed by atoms with Crippen molar-refractivity contribution < 1.29 is 9.53 Å². The molecule has 3 nitrogen and oxygen atoms in total. The third-order valence-electron chi connectivity index (χ3n) is 5.13. The third kappa shape index (κ3) is 4.75. The van der Waals surface area contributed by atoms with Gasteiger partial charge in [-0.05, 0) is 30.7 Å². The van der Waals surface area contributed by atoms with E-state index in [9.17, 15) is 4.79 Å². The normalized spacial score (nSPS) is 17.5. The molecule has 0 bridgehead atoms. The van der Waals surface area contributed by atoms with Gasteiger partial charge in [-0.15, -0.1) is 0 Å². The van der Waals surface area contributed by atoms with E-state index >= 15 is 0 Å². The highest BCUT2D eigenvalue weighted by molar-refractivity contribution is 5.89. The number of benzene rings is 2. The van der Waals surface area contributed by atoms with Gasteiger partial charge in [-0.3, -0.25) is 4.79 Å². The summed E-state index contributed by atoms with van der Waals surface area (Å²) in [5.74, 6) is 0.818. The number of ether oxygens (including phenoxy) is 1. The summed E-state index contributed by atoms with van der Waals surface area (Å²) in [6.45, 7) is 2.01. The molecule has 3 rings (SSSR count). The summed E-state index contributed by atoms with van der Waals surface area (Å²) >= 11 is 0. The first-order chi connectivity index (χ1) is 12.3. The Balaban J connectivity index is 1.67. The molecule has 2 aromatic carbocycles. The lowest BCUT2D eigenvalue weighted by molar-refractivity contribution is -0.128. The van der Waals surface area contributed by atoms with E-state index in [-0.39, 0.29) is 5.91 Å². The lowest BCUT2D eigenvalue weighted by Gasteiger charge is -2.24. The summed E-state index contributed by atoms with van der Waals surface area (Å²) in [6.07, 6.45) is 8.76. The minimum Gasteiger partial charge on any atom is -0.480 e. The number of hydrogen-bond acceptors (Lipinski definition) is 2. The van der Waals surface area contributed by atoms with Gasteiger partial charge in [-0.25, -0.2) is 0 Å². The van der Waals surface area contributed by atoms with Crippen LogP contribution in [-0.4, -0.2) is 18.1 Å². The van der Waals surface area contributed by atoms with E-state index in [1.807, 2.05) is 37.3 Å². The Morgan fingerprint density at radius 1 is 1.04 bits per heavy atom.